The molecule has 9 heteroatoms. The van der Waals surface area contributed by atoms with Crippen LogP contribution in [0.4, 0.5) is 20.2 Å². The predicted octanol–water partition coefficient (Wildman–Crippen LogP) is 3.56. The maximum atomic E-state index is 12.4. The number of anilines is 1. The van der Waals surface area contributed by atoms with Gasteiger partial charge in [-0.1, -0.05) is 6.07 Å². The molecule has 6 nitrogen and oxygen atoms in total. The Labute approximate surface area is 127 Å². The van der Waals surface area contributed by atoms with Crippen molar-refractivity contribution in [1.29, 1.82) is 0 Å². The Morgan fingerprint density at radius 3 is 2.77 bits per heavy atom. The molecule has 0 aliphatic carbocycles. The Kier molecular flexibility index (Phi) is 4.99. The number of pyridine rings is 1. The van der Waals surface area contributed by atoms with Gasteiger partial charge in [0.05, 0.1) is 10.5 Å². The second kappa shape index (κ2) is 6.94. The molecule has 0 fully saturated rings. The molecule has 1 N–H and O–H groups in total. The third-order valence-corrected chi connectivity index (χ3v) is 3.26. The summed E-state index contributed by atoms with van der Waals surface area (Å²) in [6.07, 6.45) is 1.30. The molecular formula is C13H9F2N3O3S. The average Bonchev–Trinajstić information content (AvgIpc) is 2.47. The molecular weight excluding hydrogens is 316 g/mol. The topological polar surface area (TPSA) is 85.1 Å². The normalized spacial score (nSPS) is 10.5. The van der Waals surface area contributed by atoms with E-state index in [1.807, 2.05) is 0 Å². The summed E-state index contributed by atoms with van der Waals surface area (Å²) in [6, 6.07) is 8.11. The first kappa shape index (κ1) is 15.8. The number of thioether (sulfide) groups is 1. The van der Waals surface area contributed by atoms with Crippen LogP contribution >= 0.6 is 11.8 Å². The number of aromatic nitrogens is 1. The van der Waals surface area contributed by atoms with Crippen LogP contribution in [0.15, 0.2) is 47.6 Å². The molecule has 0 aliphatic heterocycles. The summed E-state index contributed by atoms with van der Waals surface area (Å²) in [7, 11) is 0. The first-order valence-electron chi connectivity index (χ1n) is 5.93. The van der Waals surface area contributed by atoms with E-state index in [0.717, 1.165) is 0 Å². The summed E-state index contributed by atoms with van der Waals surface area (Å²) < 4.78 is 24.9. The fourth-order valence-corrected chi connectivity index (χ4v) is 2.22. The smallest absolute Gasteiger partial charge is 0.290 e. The number of hydrogen-bond acceptors (Lipinski definition) is 5. The Bertz CT molecular complexity index is 712. The van der Waals surface area contributed by atoms with Gasteiger partial charge < -0.3 is 5.32 Å². The summed E-state index contributed by atoms with van der Waals surface area (Å²) in [5.41, 5.74) is -0.0264. The van der Waals surface area contributed by atoms with E-state index in [1.165, 1.54) is 42.6 Å². The minimum Gasteiger partial charge on any atom is -0.322 e. The van der Waals surface area contributed by atoms with Crippen molar-refractivity contribution in [3.05, 3.63) is 58.3 Å². The third-order valence-electron chi connectivity index (χ3n) is 2.53. The van der Waals surface area contributed by atoms with Crippen molar-refractivity contribution in [2.24, 2.45) is 0 Å². The molecule has 0 saturated heterocycles. The molecule has 22 heavy (non-hydrogen) atoms. The first-order chi connectivity index (χ1) is 10.5. The predicted molar refractivity (Wildman–Crippen MR) is 77.1 cm³/mol. The zero-order chi connectivity index (χ0) is 16.1. The zero-order valence-corrected chi connectivity index (χ0v) is 11.7. The Morgan fingerprint density at radius 2 is 2.09 bits per heavy atom. The number of non-ortho nitro benzene ring substituents is 1. The first-order valence-corrected chi connectivity index (χ1v) is 6.81. The largest absolute Gasteiger partial charge is 0.322 e. The quantitative estimate of drug-likeness (QED) is 0.516. The van der Waals surface area contributed by atoms with Gasteiger partial charge in [-0.05, 0) is 30.0 Å². The van der Waals surface area contributed by atoms with E-state index in [1.54, 1.807) is 0 Å². The molecule has 1 aromatic heterocycles. The highest BCUT2D eigenvalue weighted by Crippen LogP contribution is 2.27. The number of nitrogens with one attached hydrogen (secondary N) is 1. The second-order valence-corrected chi connectivity index (χ2v) is 4.97. The van der Waals surface area contributed by atoms with Gasteiger partial charge in [0.2, 0.25) is 0 Å². The molecule has 0 radical (unpaired) electrons. The molecule has 0 bridgehead atoms. The highest BCUT2D eigenvalue weighted by molar-refractivity contribution is 7.99. The van der Waals surface area contributed by atoms with Crippen molar-refractivity contribution >= 4 is 29.0 Å². The molecule has 114 valence electrons. The number of carbonyl (C=O) groups is 1. The van der Waals surface area contributed by atoms with Crippen LogP contribution < -0.4 is 5.32 Å². The number of benzene rings is 1. The molecule has 1 heterocycles. The van der Waals surface area contributed by atoms with Crippen LogP contribution in [0, 0.1) is 10.1 Å². The summed E-state index contributed by atoms with van der Waals surface area (Å²) >= 11 is 0.158. The number of amides is 1. The molecule has 0 unspecified atom stereocenters. The molecule has 0 spiro atoms. The molecule has 1 amide bonds. The van der Waals surface area contributed by atoms with Crippen LogP contribution in [0.25, 0.3) is 0 Å². The second-order valence-electron chi connectivity index (χ2n) is 4.00. The Morgan fingerprint density at radius 1 is 1.32 bits per heavy atom. The Balaban J connectivity index is 2.22. The van der Waals surface area contributed by atoms with Crippen molar-refractivity contribution in [1.82, 2.24) is 4.98 Å². The maximum absolute atomic E-state index is 12.4. The van der Waals surface area contributed by atoms with Crippen molar-refractivity contribution in [2.45, 2.75) is 10.8 Å². The highest BCUT2D eigenvalue weighted by atomic mass is 32.2. The van der Waals surface area contributed by atoms with Crippen LogP contribution in [0.2, 0.25) is 0 Å². The SMILES string of the molecule is O=C(Nc1cccc([N+](=O)[O-])c1)c1cccnc1SC(F)F. The summed E-state index contributed by atoms with van der Waals surface area (Å²) in [5, 5.41) is 13.0. The standard InChI is InChI=1S/C13H9F2N3O3S/c14-13(15)22-12-10(5-2-6-16-12)11(19)17-8-3-1-4-9(7-8)18(20)21/h1-7,13H,(H,17,19). The van der Waals surface area contributed by atoms with E-state index in [-0.39, 0.29) is 33.7 Å². The van der Waals surface area contributed by atoms with E-state index >= 15 is 0 Å². The van der Waals surface area contributed by atoms with Crippen LogP contribution in [-0.2, 0) is 0 Å². The van der Waals surface area contributed by atoms with Gasteiger partial charge in [-0.3, -0.25) is 14.9 Å². The number of nitrogens with zero attached hydrogens (tertiary/aromatic N) is 2. The number of nitro benzene ring substituents is 1. The van der Waals surface area contributed by atoms with Crippen LogP contribution in [-0.4, -0.2) is 21.6 Å². The Hall–Kier alpha value is -2.55. The van der Waals surface area contributed by atoms with Gasteiger partial charge in [-0.25, -0.2) is 4.98 Å². The van der Waals surface area contributed by atoms with Crippen molar-refractivity contribution in [2.75, 3.05) is 5.32 Å². The highest BCUT2D eigenvalue weighted by Gasteiger charge is 2.17. The van der Waals surface area contributed by atoms with E-state index in [4.69, 9.17) is 0 Å². The third kappa shape index (κ3) is 3.98. The van der Waals surface area contributed by atoms with Crippen LogP contribution in [0.3, 0.4) is 0 Å². The molecule has 1 aromatic carbocycles. The lowest BCUT2D eigenvalue weighted by Gasteiger charge is -2.08. The number of nitro groups is 1. The van der Waals surface area contributed by atoms with E-state index in [0.29, 0.717) is 0 Å². The molecule has 0 aliphatic rings. The fraction of sp³-hybridized carbons (Fsp3) is 0.0769. The van der Waals surface area contributed by atoms with E-state index < -0.39 is 16.6 Å². The number of rotatable bonds is 5. The molecule has 2 rings (SSSR count). The van der Waals surface area contributed by atoms with Gasteiger partial charge >= 0.3 is 0 Å². The minimum absolute atomic E-state index is 0.0284. The van der Waals surface area contributed by atoms with Gasteiger partial charge in [0.1, 0.15) is 5.03 Å². The molecule has 0 atom stereocenters. The van der Waals surface area contributed by atoms with E-state index in [9.17, 15) is 23.7 Å². The van der Waals surface area contributed by atoms with Gasteiger partial charge in [0.15, 0.2) is 0 Å². The van der Waals surface area contributed by atoms with Gasteiger partial charge in [-0.2, -0.15) is 8.78 Å². The summed E-state index contributed by atoms with van der Waals surface area (Å²) in [6.45, 7) is 0. The molecule has 0 saturated carbocycles. The lowest BCUT2D eigenvalue weighted by atomic mass is 10.2. The van der Waals surface area contributed by atoms with Crippen LogP contribution in [0.5, 0.6) is 0 Å². The monoisotopic (exact) mass is 325 g/mol. The molecule has 2 aromatic rings. The zero-order valence-electron chi connectivity index (χ0n) is 10.9. The lowest BCUT2D eigenvalue weighted by Crippen LogP contribution is -2.14. The summed E-state index contributed by atoms with van der Waals surface area (Å²) in [4.78, 5) is 25.9. The van der Waals surface area contributed by atoms with Crippen molar-refractivity contribution in [3.8, 4) is 0 Å². The van der Waals surface area contributed by atoms with Crippen molar-refractivity contribution < 1.29 is 18.5 Å². The number of carbonyl (C=O) groups excluding carboxylic acids is 1. The number of alkyl halides is 2. The number of halogens is 2. The van der Waals surface area contributed by atoms with Gasteiger partial charge in [-0.15, -0.1) is 0 Å². The van der Waals surface area contributed by atoms with E-state index in [2.05, 4.69) is 10.3 Å². The summed E-state index contributed by atoms with van der Waals surface area (Å²) in [5.74, 6) is -3.38. The minimum atomic E-state index is -2.71. The van der Waals surface area contributed by atoms with Gasteiger partial charge in [0.25, 0.3) is 17.4 Å². The lowest BCUT2D eigenvalue weighted by molar-refractivity contribution is -0.384. The van der Waals surface area contributed by atoms with Crippen molar-refractivity contribution in [3.63, 3.8) is 0 Å². The number of hydrogen-bond donors (Lipinski definition) is 1. The maximum Gasteiger partial charge on any atom is 0.290 e. The average molecular weight is 325 g/mol. The van der Waals surface area contributed by atoms with Gasteiger partial charge in [0, 0.05) is 24.0 Å². The van der Waals surface area contributed by atoms with Crippen LogP contribution in [0.1, 0.15) is 10.4 Å². The fourth-order valence-electron chi connectivity index (χ4n) is 1.64.